The van der Waals surface area contributed by atoms with Crippen LogP contribution in [0.4, 0.5) is 0 Å². The standard InChI is InChI=1S/C15H23NO4/c1-15(2,3)16-8-12(9-17-4)20-11-5-6-13-14(7-11)19-10-18-13/h5-7,12,16H,8-10H2,1-4H3. The van der Waals surface area contributed by atoms with Gasteiger partial charge in [0.1, 0.15) is 11.9 Å². The first-order valence-electron chi connectivity index (χ1n) is 6.78. The quantitative estimate of drug-likeness (QED) is 0.866. The van der Waals surface area contributed by atoms with Crippen LogP contribution in [0.2, 0.25) is 0 Å². The highest BCUT2D eigenvalue weighted by atomic mass is 16.7. The zero-order chi connectivity index (χ0) is 14.6. The van der Waals surface area contributed by atoms with Gasteiger partial charge in [0.05, 0.1) is 6.61 Å². The van der Waals surface area contributed by atoms with Gasteiger partial charge in [-0.1, -0.05) is 0 Å². The minimum Gasteiger partial charge on any atom is -0.487 e. The van der Waals surface area contributed by atoms with Gasteiger partial charge in [-0.2, -0.15) is 0 Å². The summed E-state index contributed by atoms with van der Waals surface area (Å²) in [5.41, 5.74) is 0.0459. The van der Waals surface area contributed by atoms with Crippen molar-refractivity contribution in [3.63, 3.8) is 0 Å². The van der Waals surface area contributed by atoms with Crippen LogP contribution in [0.15, 0.2) is 18.2 Å². The first-order valence-corrected chi connectivity index (χ1v) is 6.78. The second kappa shape index (κ2) is 6.33. The average Bonchev–Trinajstić information content (AvgIpc) is 2.82. The summed E-state index contributed by atoms with van der Waals surface area (Å²) in [7, 11) is 1.67. The Hall–Kier alpha value is -1.46. The molecule has 0 radical (unpaired) electrons. The molecule has 1 aromatic carbocycles. The van der Waals surface area contributed by atoms with E-state index in [1.807, 2.05) is 18.2 Å². The SMILES string of the molecule is COCC(CNC(C)(C)C)Oc1ccc2c(c1)OCO2. The molecule has 1 atom stereocenters. The maximum Gasteiger partial charge on any atom is 0.231 e. The molecule has 0 aliphatic carbocycles. The van der Waals surface area contributed by atoms with Crippen molar-refractivity contribution >= 4 is 0 Å². The number of hydrogen-bond donors (Lipinski definition) is 1. The first kappa shape index (κ1) is 14.9. The summed E-state index contributed by atoms with van der Waals surface area (Å²) in [6.45, 7) is 7.88. The Kier molecular flexibility index (Phi) is 4.73. The zero-order valence-corrected chi connectivity index (χ0v) is 12.6. The molecule has 5 nitrogen and oxygen atoms in total. The van der Waals surface area contributed by atoms with E-state index in [9.17, 15) is 0 Å². The van der Waals surface area contributed by atoms with Crippen molar-refractivity contribution in [1.29, 1.82) is 0 Å². The van der Waals surface area contributed by atoms with Crippen molar-refractivity contribution in [2.24, 2.45) is 0 Å². The Morgan fingerprint density at radius 3 is 2.70 bits per heavy atom. The second-order valence-electron chi connectivity index (χ2n) is 5.84. The Labute approximate surface area is 120 Å². The van der Waals surface area contributed by atoms with E-state index in [0.717, 1.165) is 17.2 Å². The van der Waals surface area contributed by atoms with Crippen LogP contribution in [0.1, 0.15) is 20.8 Å². The predicted octanol–water partition coefficient (Wildman–Crippen LogP) is 2.20. The highest BCUT2D eigenvalue weighted by Crippen LogP contribution is 2.35. The van der Waals surface area contributed by atoms with E-state index in [2.05, 4.69) is 26.1 Å². The van der Waals surface area contributed by atoms with Crippen LogP contribution in [0.5, 0.6) is 17.2 Å². The van der Waals surface area contributed by atoms with Crippen LogP contribution in [0.25, 0.3) is 0 Å². The smallest absolute Gasteiger partial charge is 0.231 e. The molecule has 1 heterocycles. The highest BCUT2D eigenvalue weighted by molar-refractivity contribution is 5.46. The van der Waals surface area contributed by atoms with Crippen molar-refractivity contribution in [3.8, 4) is 17.2 Å². The van der Waals surface area contributed by atoms with Crippen molar-refractivity contribution in [2.75, 3.05) is 27.1 Å². The van der Waals surface area contributed by atoms with Crippen LogP contribution < -0.4 is 19.5 Å². The molecule has 1 N–H and O–H groups in total. The monoisotopic (exact) mass is 281 g/mol. The summed E-state index contributed by atoms with van der Waals surface area (Å²) in [4.78, 5) is 0. The first-order chi connectivity index (χ1) is 9.48. The minimum atomic E-state index is -0.0559. The molecule has 1 aliphatic heterocycles. The summed E-state index contributed by atoms with van der Waals surface area (Å²) in [5, 5.41) is 3.42. The van der Waals surface area contributed by atoms with Crippen LogP contribution in [0, 0.1) is 0 Å². The molecular weight excluding hydrogens is 258 g/mol. The highest BCUT2D eigenvalue weighted by Gasteiger charge is 2.18. The number of rotatable bonds is 6. The second-order valence-corrected chi connectivity index (χ2v) is 5.84. The molecule has 0 fully saturated rings. The topological polar surface area (TPSA) is 49.0 Å². The summed E-state index contributed by atoms with van der Waals surface area (Å²) in [5.74, 6) is 2.24. The number of ether oxygens (including phenoxy) is 4. The zero-order valence-electron chi connectivity index (χ0n) is 12.6. The van der Waals surface area contributed by atoms with Gasteiger partial charge in [0, 0.05) is 25.3 Å². The number of methoxy groups -OCH3 is 1. The van der Waals surface area contributed by atoms with E-state index in [-0.39, 0.29) is 18.4 Å². The number of fused-ring (bicyclic) bond motifs is 1. The van der Waals surface area contributed by atoms with Crippen LogP contribution in [-0.2, 0) is 4.74 Å². The molecule has 0 spiro atoms. The van der Waals surface area contributed by atoms with Crippen LogP contribution >= 0.6 is 0 Å². The number of hydrogen-bond acceptors (Lipinski definition) is 5. The maximum atomic E-state index is 5.95. The lowest BCUT2D eigenvalue weighted by Gasteiger charge is -2.25. The molecule has 2 rings (SSSR count). The molecule has 5 heteroatoms. The summed E-state index contributed by atoms with van der Waals surface area (Å²) >= 11 is 0. The lowest BCUT2D eigenvalue weighted by Crippen LogP contribution is -2.44. The van der Waals surface area contributed by atoms with Gasteiger partial charge < -0.3 is 24.3 Å². The van der Waals surface area contributed by atoms with E-state index >= 15 is 0 Å². The molecule has 0 amide bonds. The normalized spacial score (nSPS) is 15.2. The van der Waals surface area contributed by atoms with E-state index in [1.165, 1.54) is 0 Å². The molecule has 112 valence electrons. The number of benzene rings is 1. The molecular formula is C15H23NO4. The third-order valence-electron chi connectivity index (χ3n) is 2.86. The van der Waals surface area contributed by atoms with E-state index in [1.54, 1.807) is 7.11 Å². The molecule has 1 unspecified atom stereocenters. The lowest BCUT2D eigenvalue weighted by molar-refractivity contribution is 0.0763. The van der Waals surface area contributed by atoms with Crippen LogP contribution in [0.3, 0.4) is 0 Å². The maximum absolute atomic E-state index is 5.95. The fraction of sp³-hybridized carbons (Fsp3) is 0.600. The Morgan fingerprint density at radius 2 is 2.00 bits per heavy atom. The lowest BCUT2D eigenvalue weighted by atomic mass is 10.1. The minimum absolute atomic E-state index is 0.0459. The molecule has 20 heavy (non-hydrogen) atoms. The van der Waals surface area contributed by atoms with Gasteiger partial charge >= 0.3 is 0 Å². The third-order valence-corrected chi connectivity index (χ3v) is 2.86. The number of nitrogens with one attached hydrogen (secondary N) is 1. The fourth-order valence-corrected chi connectivity index (χ4v) is 1.88. The van der Waals surface area contributed by atoms with Gasteiger partial charge in [0.25, 0.3) is 0 Å². The van der Waals surface area contributed by atoms with Crippen LogP contribution in [-0.4, -0.2) is 38.7 Å². The Balaban J connectivity index is 1.96. The summed E-state index contributed by atoms with van der Waals surface area (Å²) in [6, 6.07) is 5.59. The van der Waals surface area contributed by atoms with Crippen molar-refractivity contribution in [3.05, 3.63) is 18.2 Å². The Morgan fingerprint density at radius 1 is 1.25 bits per heavy atom. The van der Waals surface area contributed by atoms with Gasteiger partial charge in [-0.05, 0) is 32.9 Å². The van der Waals surface area contributed by atoms with Crippen molar-refractivity contribution in [2.45, 2.75) is 32.4 Å². The van der Waals surface area contributed by atoms with Gasteiger partial charge in [-0.25, -0.2) is 0 Å². The Bertz CT molecular complexity index is 442. The summed E-state index contributed by atoms with van der Waals surface area (Å²) in [6.07, 6.45) is -0.0559. The van der Waals surface area contributed by atoms with Crippen molar-refractivity contribution in [1.82, 2.24) is 5.32 Å². The van der Waals surface area contributed by atoms with E-state index < -0.39 is 0 Å². The summed E-state index contributed by atoms with van der Waals surface area (Å²) < 4.78 is 21.8. The van der Waals surface area contributed by atoms with Gasteiger partial charge in [0.2, 0.25) is 6.79 Å². The predicted molar refractivity (Wildman–Crippen MR) is 76.6 cm³/mol. The third kappa shape index (κ3) is 4.28. The molecule has 0 saturated carbocycles. The average molecular weight is 281 g/mol. The molecule has 1 aromatic rings. The fourth-order valence-electron chi connectivity index (χ4n) is 1.88. The van der Waals surface area contributed by atoms with Gasteiger partial charge in [0.15, 0.2) is 11.5 Å². The molecule has 0 bridgehead atoms. The van der Waals surface area contributed by atoms with Gasteiger partial charge in [-0.15, -0.1) is 0 Å². The molecule has 0 aromatic heterocycles. The van der Waals surface area contributed by atoms with E-state index in [4.69, 9.17) is 18.9 Å². The largest absolute Gasteiger partial charge is 0.487 e. The molecule has 0 saturated heterocycles. The van der Waals surface area contributed by atoms with Gasteiger partial charge in [-0.3, -0.25) is 0 Å². The van der Waals surface area contributed by atoms with E-state index in [0.29, 0.717) is 13.2 Å². The van der Waals surface area contributed by atoms with Crippen molar-refractivity contribution < 1.29 is 18.9 Å². The molecule has 1 aliphatic rings.